The van der Waals surface area contributed by atoms with E-state index in [1.54, 1.807) is 0 Å². The number of ketones is 1. The Morgan fingerprint density at radius 1 is 0.882 bits per heavy atom. The number of likely N-dealkylation sites (tertiary alicyclic amines) is 1. The number of aromatic amines is 1. The zero-order valence-corrected chi connectivity index (χ0v) is 19.1. The van der Waals surface area contributed by atoms with Gasteiger partial charge in [-0.25, -0.2) is 0 Å². The van der Waals surface area contributed by atoms with Crippen molar-refractivity contribution in [3.8, 4) is 0 Å². The number of H-pyrrole nitrogens is 1. The molecule has 1 fully saturated rings. The molecule has 34 heavy (non-hydrogen) atoms. The lowest BCUT2D eigenvalue weighted by Crippen LogP contribution is -2.43. The van der Waals surface area contributed by atoms with Gasteiger partial charge in [0, 0.05) is 35.1 Å². The molecule has 5 nitrogen and oxygen atoms in total. The first-order valence-corrected chi connectivity index (χ1v) is 11.9. The standard InChI is InChI=1S/C29H29N3O2/c33-28(25-20-30-26-14-8-7-13-24(25)26)27(22-11-5-2-6-12-22)32-17-15-23(16-18-32)29(34)31-19-21-9-3-1-4-10-21/h1-14,20,23,27,30H,15-19H2,(H,31,34)/t27-/m1/s1. The molecule has 0 bridgehead atoms. The molecule has 172 valence electrons. The first-order chi connectivity index (χ1) is 16.7. The van der Waals surface area contributed by atoms with E-state index in [-0.39, 0.29) is 23.7 Å². The van der Waals surface area contributed by atoms with Gasteiger partial charge in [-0.15, -0.1) is 0 Å². The summed E-state index contributed by atoms with van der Waals surface area (Å²) < 4.78 is 0. The molecule has 0 radical (unpaired) electrons. The Hall–Kier alpha value is -3.70. The van der Waals surface area contributed by atoms with E-state index in [4.69, 9.17) is 0 Å². The van der Waals surface area contributed by atoms with Crippen LogP contribution in [0.15, 0.2) is 91.1 Å². The smallest absolute Gasteiger partial charge is 0.223 e. The number of nitrogens with one attached hydrogen (secondary N) is 2. The largest absolute Gasteiger partial charge is 0.360 e. The van der Waals surface area contributed by atoms with E-state index in [9.17, 15) is 9.59 Å². The molecule has 1 aliphatic rings. The average Bonchev–Trinajstić information content (AvgIpc) is 3.33. The summed E-state index contributed by atoms with van der Waals surface area (Å²) >= 11 is 0. The van der Waals surface area contributed by atoms with E-state index >= 15 is 0 Å². The molecular formula is C29H29N3O2. The zero-order chi connectivity index (χ0) is 23.3. The highest BCUT2D eigenvalue weighted by Crippen LogP contribution is 2.32. The summed E-state index contributed by atoms with van der Waals surface area (Å²) in [6, 6.07) is 27.5. The Kier molecular flexibility index (Phi) is 6.54. The number of carbonyl (C=O) groups excluding carboxylic acids is 2. The zero-order valence-electron chi connectivity index (χ0n) is 19.1. The first kappa shape index (κ1) is 22.1. The second kappa shape index (κ2) is 10.1. The Morgan fingerprint density at radius 2 is 1.53 bits per heavy atom. The predicted molar refractivity (Wildman–Crippen MR) is 134 cm³/mol. The van der Waals surface area contributed by atoms with Crippen LogP contribution in [0.25, 0.3) is 10.9 Å². The monoisotopic (exact) mass is 451 g/mol. The van der Waals surface area contributed by atoms with E-state index in [1.165, 1.54) is 0 Å². The Morgan fingerprint density at radius 3 is 2.26 bits per heavy atom. The highest BCUT2D eigenvalue weighted by molar-refractivity contribution is 6.10. The molecule has 3 aromatic carbocycles. The van der Waals surface area contributed by atoms with Crippen LogP contribution in [0.3, 0.4) is 0 Å². The van der Waals surface area contributed by atoms with Crippen LogP contribution in [0.1, 0.15) is 40.4 Å². The second-order valence-corrected chi connectivity index (χ2v) is 8.94. The molecule has 0 unspecified atom stereocenters. The molecule has 5 rings (SSSR count). The molecule has 4 aromatic rings. The van der Waals surface area contributed by atoms with Gasteiger partial charge in [0.05, 0.1) is 6.04 Å². The van der Waals surface area contributed by atoms with Crippen LogP contribution in [0.5, 0.6) is 0 Å². The molecular weight excluding hydrogens is 422 g/mol. The fraction of sp³-hybridized carbons (Fsp3) is 0.241. The number of amides is 1. The van der Waals surface area contributed by atoms with E-state index in [0.29, 0.717) is 25.2 Å². The fourth-order valence-corrected chi connectivity index (χ4v) is 4.94. The maximum absolute atomic E-state index is 13.9. The number of fused-ring (bicyclic) bond motifs is 1. The molecule has 0 spiro atoms. The summed E-state index contributed by atoms with van der Waals surface area (Å²) in [5.41, 5.74) is 3.77. The molecule has 1 amide bonds. The molecule has 0 saturated carbocycles. The third kappa shape index (κ3) is 4.66. The van der Waals surface area contributed by atoms with Crippen LogP contribution in [0, 0.1) is 5.92 Å². The number of aromatic nitrogens is 1. The number of Topliss-reactive ketones (excluding diaryl/α,β-unsaturated/α-hetero) is 1. The van der Waals surface area contributed by atoms with Gasteiger partial charge in [-0.3, -0.25) is 14.5 Å². The average molecular weight is 452 g/mol. The summed E-state index contributed by atoms with van der Waals surface area (Å²) in [5, 5.41) is 4.03. The number of hydrogen-bond acceptors (Lipinski definition) is 3. The number of rotatable bonds is 7. The van der Waals surface area contributed by atoms with Gasteiger partial charge in [0.25, 0.3) is 0 Å². The van der Waals surface area contributed by atoms with Crippen LogP contribution in [0.4, 0.5) is 0 Å². The number of nitrogens with zero attached hydrogens (tertiary/aromatic N) is 1. The van der Waals surface area contributed by atoms with E-state index in [2.05, 4.69) is 15.2 Å². The van der Waals surface area contributed by atoms with Crippen LogP contribution >= 0.6 is 0 Å². The minimum atomic E-state index is -0.367. The van der Waals surface area contributed by atoms with Gasteiger partial charge in [-0.2, -0.15) is 0 Å². The molecule has 2 heterocycles. The van der Waals surface area contributed by atoms with Crippen molar-refractivity contribution in [1.29, 1.82) is 0 Å². The molecule has 0 aliphatic carbocycles. The number of piperidine rings is 1. The van der Waals surface area contributed by atoms with Gasteiger partial charge >= 0.3 is 0 Å². The van der Waals surface area contributed by atoms with Gasteiger partial charge < -0.3 is 10.3 Å². The van der Waals surface area contributed by atoms with Crippen molar-refractivity contribution in [2.45, 2.75) is 25.4 Å². The van der Waals surface area contributed by atoms with Crippen LogP contribution in [0.2, 0.25) is 0 Å². The molecule has 1 aliphatic heterocycles. The van der Waals surface area contributed by atoms with E-state index in [0.717, 1.165) is 34.9 Å². The number of benzene rings is 3. The van der Waals surface area contributed by atoms with Crippen molar-refractivity contribution in [2.24, 2.45) is 5.92 Å². The van der Waals surface area contributed by atoms with Gasteiger partial charge in [-0.05, 0) is 43.1 Å². The lowest BCUT2D eigenvalue weighted by atomic mass is 9.90. The van der Waals surface area contributed by atoms with Crippen molar-refractivity contribution < 1.29 is 9.59 Å². The molecule has 2 N–H and O–H groups in total. The van der Waals surface area contributed by atoms with Crippen LogP contribution < -0.4 is 5.32 Å². The van der Waals surface area contributed by atoms with Gasteiger partial charge in [0.1, 0.15) is 0 Å². The highest BCUT2D eigenvalue weighted by atomic mass is 16.2. The normalized spacial score (nSPS) is 15.8. The van der Waals surface area contributed by atoms with Gasteiger partial charge in [0.15, 0.2) is 5.78 Å². The lowest BCUT2D eigenvalue weighted by Gasteiger charge is -2.36. The third-order valence-corrected chi connectivity index (χ3v) is 6.79. The van der Waals surface area contributed by atoms with Crippen LogP contribution in [-0.4, -0.2) is 34.7 Å². The van der Waals surface area contributed by atoms with Crippen molar-refractivity contribution in [3.63, 3.8) is 0 Å². The van der Waals surface area contributed by atoms with Gasteiger partial charge in [-0.1, -0.05) is 78.9 Å². The third-order valence-electron chi connectivity index (χ3n) is 6.79. The first-order valence-electron chi connectivity index (χ1n) is 11.9. The SMILES string of the molecule is O=C(NCc1ccccc1)C1CCN([C@@H](C(=O)c2c[nH]c3ccccc23)c2ccccc2)CC1. The topological polar surface area (TPSA) is 65.2 Å². The lowest BCUT2D eigenvalue weighted by molar-refractivity contribution is -0.126. The van der Waals surface area contributed by atoms with Gasteiger partial charge in [0.2, 0.25) is 5.91 Å². The Bertz CT molecular complexity index is 1260. The molecule has 1 saturated heterocycles. The van der Waals surface area contributed by atoms with E-state index < -0.39 is 0 Å². The highest BCUT2D eigenvalue weighted by Gasteiger charge is 2.34. The minimum absolute atomic E-state index is 0.0282. The van der Waals surface area contributed by atoms with E-state index in [1.807, 2.05) is 91.1 Å². The maximum Gasteiger partial charge on any atom is 0.223 e. The molecule has 1 atom stereocenters. The molecule has 5 heteroatoms. The Balaban J connectivity index is 1.30. The molecule has 1 aromatic heterocycles. The summed E-state index contributed by atoms with van der Waals surface area (Å²) in [6.07, 6.45) is 3.31. The maximum atomic E-state index is 13.9. The van der Waals surface area contributed by atoms with Crippen LogP contribution in [-0.2, 0) is 11.3 Å². The summed E-state index contributed by atoms with van der Waals surface area (Å²) in [7, 11) is 0. The summed E-state index contributed by atoms with van der Waals surface area (Å²) in [6.45, 7) is 1.96. The fourth-order valence-electron chi connectivity index (χ4n) is 4.94. The van der Waals surface area contributed by atoms with Crippen molar-refractivity contribution in [1.82, 2.24) is 15.2 Å². The van der Waals surface area contributed by atoms with Crippen molar-refractivity contribution in [2.75, 3.05) is 13.1 Å². The minimum Gasteiger partial charge on any atom is -0.360 e. The van der Waals surface area contributed by atoms with Crippen molar-refractivity contribution in [3.05, 3.63) is 108 Å². The quantitative estimate of drug-likeness (QED) is 0.383. The Labute approximate surface area is 199 Å². The number of hydrogen-bond donors (Lipinski definition) is 2. The summed E-state index contributed by atoms with van der Waals surface area (Å²) in [4.78, 5) is 32.1. The van der Waals surface area contributed by atoms with Crippen molar-refractivity contribution >= 4 is 22.6 Å². The number of carbonyl (C=O) groups is 2. The summed E-state index contributed by atoms with van der Waals surface area (Å²) in [5.74, 6) is 0.165. The number of para-hydroxylation sites is 1. The second-order valence-electron chi connectivity index (χ2n) is 8.94. The predicted octanol–water partition coefficient (Wildman–Crippen LogP) is 5.12.